The Balaban J connectivity index is 1.67. The Hall–Kier alpha value is -1.51. The molecule has 0 bridgehead atoms. The summed E-state index contributed by atoms with van der Waals surface area (Å²) < 4.78 is 25.0. The number of carbonyl (C=O) groups is 1. The first-order valence-corrected chi connectivity index (χ1v) is 8.68. The highest BCUT2D eigenvalue weighted by atomic mass is 19.3. The van der Waals surface area contributed by atoms with Crippen molar-refractivity contribution >= 4 is 11.9 Å². The van der Waals surface area contributed by atoms with Crippen molar-refractivity contribution in [1.82, 2.24) is 0 Å². The molecule has 0 spiro atoms. The van der Waals surface area contributed by atoms with Gasteiger partial charge in [0.25, 0.3) is 6.08 Å². The van der Waals surface area contributed by atoms with Gasteiger partial charge in [-0.25, -0.2) is 0 Å². The highest BCUT2D eigenvalue weighted by Gasteiger charge is 2.54. The first-order chi connectivity index (χ1) is 11.0. The number of ketones is 1. The molecule has 2 fully saturated rings. The summed E-state index contributed by atoms with van der Waals surface area (Å²) in [4.78, 5) is 12.3. The third-order valence-electron chi connectivity index (χ3n) is 6.74. The van der Waals surface area contributed by atoms with Gasteiger partial charge in [0.05, 0.1) is 0 Å². The van der Waals surface area contributed by atoms with Gasteiger partial charge in [0.15, 0.2) is 0 Å². The average Bonchev–Trinajstić information content (AvgIpc) is 2.82. The van der Waals surface area contributed by atoms with E-state index in [1.54, 1.807) is 0 Å². The van der Waals surface area contributed by atoms with E-state index < -0.39 is 6.08 Å². The van der Waals surface area contributed by atoms with Crippen LogP contribution >= 0.6 is 0 Å². The first-order valence-electron chi connectivity index (χ1n) is 8.68. The summed E-state index contributed by atoms with van der Waals surface area (Å²) in [6.07, 6.45) is 5.18. The zero-order valence-corrected chi connectivity index (χ0v) is 13.4. The van der Waals surface area contributed by atoms with E-state index in [1.165, 1.54) is 11.1 Å². The Morgan fingerprint density at radius 3 is 2.83 bits per heavy atom. The molecule has 3 aliphatic carbocycles. The number of hydrogen-bond acceptors (Lipinski definition) is 1. The third kappa shape index (κ3) is 2.28. The van der Waals surface area contributed by atoms with Crippen LogP contribution in [0.4, 0.5) is 8.78 Å². The molecule has 3 aliphatic rings. The largest absolute Gasteiger partial charge is 0.299 e. The van der Waals surface area contributed by atoms with E-state index in [1.807, 2.05) is 12.1 Å². The number of rotatable bonds is 1. The number of benzene rings is 1. The fraction of sp³-hybridized carbons (Fsp3) is 0.550. The molecular formula is C20H22F2O. The smallest absolute Gasteiger partial charge is 0.270 e. The molecule has 1 nitrogen and oxygen atoms in total. The summed E-state index contributed by atoms with van der Waals surface area (Å²) in [6.45, 7) is 2.18. The van der Waals surface area contributed by atoms with Gasteiger partial charge in [-0.2, -0.15) is 8.78 Å². The number of fused-ring (bicyclic) bond motifs is 5. The molecule has 4 atom stereocenters. The van der Waals surface area contributed by atoms with Crippen LogP contribution in [0.1, 0.15) is 61.6 Å². The molecule has 0 aliphatic heterocycles. The van der Waals surface area contributed by atoms with Crippen molar-refractivity contribution < 1.29 is 13.6 Å². The van der Waals surface area contributed by atoms with Gasteiger partial charge < -0.3 is 0 Å². The Morgan fingerprint density at radius 2 is 2.04 bits per heavy atom. The van der Waals surface area contributed by atoms with Crippen LogP contribution in [0.2, 0.25) is 0 Å². The third-order valence-corrected chi connectivity index (χ3v) is 6.74. The molecule has 0 amide bonds. The van der Waals surface area contributed by atoms with Crippen molar-refractivity contribution in [1.29, 1.82) is 0 Å². The molecule has 3 heteroatoms. The number of hydrogen-bond donors (Lipinski definition) is 0. The molecule has 0 radical (unpaired) electrons. The van der Waals surface area contributed by atoms with Crippen LogP contribution in [0.3, 0.4) is 0 Å². The summed E-state index contributed by atoms with van der Waals surface area (Å²) in [5.74, 6) is 2.08. The van der Waals surface area contributed by atoms with E-state index in [9.17, 15) is 13.6 Å². The summed E-state index contributed by atoms with van der Waals surface area (Å²) in [5.41, 5.74) is 3.07. The van der Waals surface area contributed by atoms with Crippen LogP contribution in [0.25, 0.3) is 6.08 Å². The predicted octanol–water partition coefficient (Wildman–Crippen LogP) is 5.35. The molecule has 0 aromatic heterocycles. The van der Waals surface area contributed by atoms with E-state index in [0.29, 0.717) is 29.1 Å². The van der Waals surface area contributed by atoms with E-state index in [0.717, 1.165) is 44.6 Å². The van der Waals surface area contributed by atoms with Crippen molar-refractivity contribution in [2.24, 2.45) is 17.3 Å². The lowest BCUT2D eigenvalue weighted by Gasteiger charge is -2.48. The van der Waals surface area contributed by atoms with Crippen molar-refractivity contribution in [2.75, 3.05) is 0 Å². The Morgan fingerprint density at radius 1 is 1.22 bits per heavy atom. The van der Waals surface area contributed by atoms with Crippen molar-refractivity contribution in [3.05, 3.63) is 41.0 Å². The van der Waals surface area contributed by atoms with Crippen LogP contribution in [0.5, 0.6) is 0 Å². The molecule has 122 valence electrons. The van der Waals surface area contributed by atoms with Crippen LogP contribution in [0, 0.1) is 17.3 Å². The highest BCUT2D eigenvalue weighted by Crippen LogP contribution is 2.59. The van der Waals surface area contributed by atoms with Gasteiger partial charge in [0.2, 0.25) is 0 Å². The Kier molecular flexibility index (Phi) is 3.44. The molecule has 1 aromatic rings. The zero-order valence-electron chi connectivity index (χ0n) is 13.4. The quantitative estimate of drug-likeness (QED) is 0.682. The molecule has 1 aromatic carbocycles. The minimum absolute atomic E-state index is 0.0985. The summed E-state index contributed by atoms with van der Waals surface area (Å²) >= 11 is 0. The molecule has 0 N–H and O–H groups in total. The molecule has 0 unspecified atom stereocenters. The normalized spacial score (nSPS) is 35.3. The standard InChI is InChI=1S/C20H22F2O/c1-20-9-8-15-14-4-2-12(11-19(21)22)10-13(14)3-5-16(15)17(20)6-7-18(20)23/h2,4,10-11,15-17H,3,5-9H2,1H3/t15-,16-,17+,20+/m1/s1. The maximum Gasteiger partial charge on any atom is 0.270 e. The lowest BCUT2D eigenvalue weighted by molar-refractivity contribution is -0.129. The second kappa shape index (κ2) is 5.25. The Labute approximate surface area is 135 Å². The number of halogens is 2. The van der Waals surface area contributed by atoms with Crippen molar-refractivity contribution in [3.63, 3.8) is 0 Å². The minimum Gasteiger partial charge on any atom is -0.299 e. The molecular weight excluding hydrogens is 294 g/mol. The van der Waals surface area contributed by atoms with Crippen LogP contribution in [-0.4, -0.2) is 5.78 Å². The lowest BCUT2D eigenvalue weighted by Crippen LogP contribution is -2.42. The monoisotopic (exact) mass is 316 g/mol. The SMILES string of the molecule is C[C@]12CC[C@@H]3c4ccc(C=C(F)F)cc4CC[C@H]3[C@@H]1CCC2=O. The van der Waals surface area contributed by atoms with Gasteiger partial charge in [0.1, 0.15) is 5.78 Å². The van der Waals surface area contributed by atoms with Crippen LogP contribution in [0.15, 0.2) is 24.3 Å². The van der Waals surface area contributed by atoms with Gasteiger partial charge in [-0.15, -0.1) is 0 Å². The predicted molar refractivity (Wildman–Crippen MR) is 86.3 cm³/mol. The van der Waals surface area contributed by atoms with E-state index in [-0.39, 0.29) is 5.41 Å². The van der Waals surface area contributed by atoms with Crippen LogP contribution < -0.4 is 0 Å². The van der Waals surface area contributed by atoms with E-state index in [4.69, 9.17) is 0 Å². The fourth-order valence-electron chi connectivity index (χ4n) is 5.59. The number of Topliss-reactive ketones (excluding diaryl/α,β-unsaturated/α-hetero) is 1. The van der Waals surface area contributed by atoms with E-state index >= 15 is 0 Å². The fourth-order valence-corrected chi connectivity index (χ4v) is 5.59. The maximum absolute atomic E-state index is 12.5. The van der Waals surface area contributed by atoms with Crippen molar-refractivity contribution in [2.45, 2.75) is 51.4 Å². The molecule has 2 saturated carbocycles. The minimum atomic E-state index is -1.64. The van der Waals surface area contributed by atoms with Gasteiger partial charge >= 0.3 is 0 Å². The lowest BCUT2D eigenvalue weighted by atomic mass is 9.55. The second-order valence-corrected chi connectivity index (χ2v) is 7.73. The number of carbonyl (C=O) groups excluding carboxylic acids is 1. The first kappa shape index (κ1) is 15.0. The van der Waals surface area contributed by atoms with Gasteiger partial charge in [-0.3, -0.25) is 4.79 Å². The van der Waals surface area contributed by atoms with Gasteiger partial charge in [0, 0.05) is 17.9 Å². The average molecular weight is 316 g/mol. The summed E-state index contributed by atoms with van der Waals surface area (Å²) in [5, 5.41) is 0. The number of aryl methyl sites for hydroxylation is 1. The summed E-state index contributed by atoms with van der Waals surface area (Å²) in [6, 6.07) is 5.80. The topological polar surface area (TPSA) is 17.1 Å². The zero-order chi connectivity index (χ0) is 16.2. The van der Waals surface area contributed by atoms with Crippen LogP contribution in [-0.2, 0) is 11.2 Å². The maximum atomic E-state index is 12.5. The molecule has 4 rings (SSSR count). The van der Waals surface area contributed by atoms with Gasteiger partial charge in [-0.1, -0.05) is 25.1 Å². The Bertz CT molecular complexity index is 689. The molecule has 0 heterocycles. The van der Waals surface area contributed by atoms with Crippen molar-refractivity contribution in [3.8, 4) is 0 Å². The van der Waals surface area contributed by atoms with E-state index in [2.05, 4.69) is 13.0 Å². The highest BCUT2D eigenvalue weighted by molar-refractivity contribution is 5.87. The van der Waals surface area contributed by atoms with Gasteiger partial charge in [-0.05, 0) is 66.5 Å². The second-order valence-electron chi connectivity index (χ2n) is 7.73. The molecule has 0 saturated heterocycles. The summed E-state index contributed by atoms with van der Waals surface area (Å²) in [7, 11) is 0. The molecule has 23 heavy (non-hydrogen) atoms.